The van der Waals surface area contributed by atoms with Crippen molar-refractivity contribution in [1.82, 2.24) is 0 Å². The number of hydrogen-bond acceptors (Lipinski definition) is 7. The molecule has 0 fully saturated rings. The Bertz CT molecular complexity index is 602. The van der Waals surface area contributed by atoms with E-state index in [0.29, 0.717) is 5.75 Å². The summed E-state index contributed by atoms with van der Waals surface area (Å²) in [4.78, 5) is 0. The van der Waals surface area contributed by atoms with Gasteiger partial charge in [0.2, 0.25) is 0 Å². The summed E-state index contributed by atoms with van der Waals surface area (Å²) >= 11 is 1.11. The fraction of sp³-hybridized carbons (Fsp3) is 0.500. The van der Waals surface area contributed by atoms with Gasteiger partial charge in [0.25, 0.3) is 0 Å². The molecule has 0 aliphatic heterocycles. The SMILES string of the molecule is CCCSP(=O)(OCC)Oc1cccc(OS(C)(=O)=O)c1. The van der Waals surface area contributed by atoms with Gasteiger partial charge in [-0.25, -0.2) is 4.57 Å². The molecule has 0 aromatic heterocycles. The lowest BCUT2D eigenvalue weighted by Crippen LogP contribution is -2.05. The second-order valence-electron chi connectivity index (χ2n) is 4.05. The van der Waals surface area contributed by atoms with Crippen LogP contribution in [-0.4, -0.2) is 27.0 Å². The maximum atomic E-state index is 12.5. The average molecular weight is 354 g/mol. The lowest BCUT2D eigenvalue weighted by molar-refractivity contribution is 0.296. The van der Waals surface area contributed by atoms with Gasteiger partial charge >= 0.3 is 16.9 Å². The van der Waals surface area contributed by atoms with Crippen LogP contribution in [0.3, 0.4) is 0 Å². The van der Waals surface area contributed by atoms with Crippen LogP contribution in [0.1, 0.15) is 20.3 Å². The molecule has 0 saturated heterocycles. The molecule has 0 spiro atoms. The van der Waals surface area contributed by atoms with Gasteiger partial charge in [-0.15, -0.1) is 0 Å². The Morgan fingerprint density at radius 1 is 1.24 bits per heavy atom. The molecular weight excluding hydrogens is 335 g/mol. The zero-order valence-electron chi connectivity index (χ0n) is 12.1. The minimum Gasteiger partial charge on any atom is -0.417 e. The summed E-state index contributed by atoms with van der Waals surface area (Å²) < 4.78 is 50.1. The average Bonchev–Trinajstić information content (AvgIpc) is 2.35. The highest BCUT2D eigenvalue weighted by Gasteiger charge is 2.26. The predicted molar refractivity (Wildman–Crippen MR) is 84.5 cm³/mol. The van der Waals surface area contributed by atoms with E-state index in [1.54, 1.807) is 19.1 Å². The van der Waals surface area contributed by atoms with Crippen LogP contribution in [0.2, 0.25) is 0 Å². The van der Waals surface area contributed by atoms with E-state index in [-0.39, 0.29) is 18.1 Å². The third-order valence-corrected chi connectivity index (χ3v) is 6.46. The maximum Gasteiger partial charge on any atom is 0.440 e. The Balaban J connectivity index is 2.89. The second kappa shape index (κ2) is 8.08. The van der Waals surface area contributed by atoms with Crippen molar-refractivity contribution in [3.8, 4) is 11.5 Å². The molecule has 0 saturated carbocycles. The zero-order valence-corrected chi connectivity index (χ0v) is 14.7. The summed E-state index contributed by atoms with van der Waals surface area (Å²) in [5.74, 6) is 0.964. The Kier molecular flexibility index (Phi) is 7.06. The van der Waals surface area contributed by atoms with Crippen LogP contribution in [0.4, 0.5) is 0 Å². The van der Waals surface area contributed by atoms with Gasteiger partial charge < -0.3 is 8.71 Å². The van der Waals surface area contributed by atoms with E-state index >= 15 is 0 Å². The third-order valence-electron chi connectivity index (χ3n) is 2.01. The monoisotopic (exact) mass is 354 g/mol. The molecule has 0 N–H and O–H groups in total. The molecular formula is C12H19O6PS2. The molecule has 1 unspecified atom stereocenters. The Morgan fingerprint density at radius 3 is 2.48 bits per heavy atom. The molecule has 1 aromatic rings. The van der Waals surface area contributed by atoms with Gasteiger partial charge in [0.05, 0.1) is 12.9 Å². The van der Waals surface area contributed by atoms with Crippen LogP contribution in [0.15, 0.2) is 24.3 Å². The van der Waals surface area contributed by atoms with Crippen molar-refractivity contribution in [3.63, 3.8) is 0 Å². The summed E-state index contributed by atoms with van der Waals surface area (Å²) in [5.41, 5.74) is 0. The third kappa shape index (κ3) is 7.22. The van der Waals surface area contributed by atoms with Crippen molar-refractivity contribution in [2.75, 3.05) is 18.6 Å². The standard InChI is InChI=1S/C12H19O6PS2/c1-4-9-20-19(13,16-5-2)17-11-7-6-8-12(10-11)18-21(3,14)15/h6-8,10H,4-5,9H2,1-3H3. The lowest BCUT2D eigenvalue weighted by Gasteiger charge is -2.17. The van der Waals surface area contributed by atoms with E-state index < -0.39 is 16.9 Å². The first-order chi connectivity index (χ1) is 9.78. The molecule has 0 aliphatic rings. The molecule has 0 heterocycles. The minimum atomic E-state index is -3.62. The quantitative estimate of drug-likeness (QED) is 0.494. The van der Waals surface area contributed by atoms with Crippen LogP contribution in [0.25, 0.3) is 0 Å². The number of rotatable bonds is 9. The van der Waals surface area contributed by atoms with E-state index in [4.69, 9.17) is 13.2 Å². The number of benzene rings is 1. The molecule has 0 aliphatic carbocycles. The predicted octanol–water partition coefficient (Wildman–Crippen LogP) is 3.69. The van der Waals surface area contributed by atoms with E-state index in [1.165, 1.54) is 12.1 Å². The minimum absolute atomic E-state index is 0.0959. The number of hydrogen-bond donors (Lipinski definition) is 0. The Labute approximate surface area is 129 Å². The molecule has 1 aromatic carbocycles. The Morgan fingerprint density at radius 2 is 1.90 bits per heavy atom. The summed E-state index contributed by atoms with van der Waals surface area (Å²) in [7, 11) is -3.62. The van der Waals surface area contributed by atoms with Crippen LogP contribution >= 0.6 is 18.2 Å². The van der Waals surface area contributed by atoms with Crippen LogP contribution in [0, 0.1) is 0 Å². The van der Waals surface area contributed by atoms with E-state index in [0.717, 1.165) is 24.1 Å². The molecule has 0 radical (unpaired) electrons. The summed E-state index contributed by atoms with van der Waals surface area (Å²) in [6, 6.07) is 5.95. The topological polar surface area (TPSA) is 78.9 Å². The van der Waals surface area contributed by atoms with Gasteiger partial charge in [-0.1, -0.05) is 13.0 Å². The first-order valence-corrected chi connectivity index (χ1v) is 11.3. The maximum absolute atomic E-state index is 12.5. The normalized spacial score (nSPS) is 14.4. The van der Waals surface area contributed by atoms with Gasteiger partial charge in [0, 0.05) is 11.8 Å². The van der Waals surface area contributed by atoms with Gasteiger partial charge in [-0.05, 0) is 36.9 Å². The lowest BCUT2D eigenvalue weighted by atomic mass is 10.3. The molecule has 9 heteroatoms. The van der Waals surface area contributed by atoms with Crippen molar-refractivity contribution in [1.29, 1.82) is 0 Å². The van der Waals surface area contributed by atoms with Gasteiger partial charge in [0.1, 0.15) is 11.5 Å². The molecule has 1 rings (SSSR count). The Hall–Kier alpha value is -0.690. The second-order valence-corrected chi connectivity index (χ2v) is 9.74. The summed E-state index contributed by atoms with van der Waals surface area (Å²) in [6.45, 7) is 0.630. The first-order valence-electron chi connectivity index (χ1n) is 6.36. The fourth-order valence-corrected chi connectivity index (χ4v) is 5.24. The first kappa shape index (κ1) is 18.4. The van der Waals surface area contributed by atoms with Gasteiger partial charge in [-0.2, -0.15) is 8.42 Å². The van der Waals surface area contributed by atoms with Crippen molar-refractivity contribution < 1.29 is 26.2 Å². The van der Waals surface area contributed by atoms with Crippen LogP contribution < -0.4 is 8.71 Å². The molecule has 21 heavy (non-hydrogen) atoms. The fourth-order valence-electron chi connectivity index (χ4n) is 1.34. The molecule has 0 bridgehead atoms. The van der Waals surface area contributed by atoms with Crippen molar-refractivity contribution >= 4 is 28.3 Å². The van der Waals surface area contributed by atoms with E-state index in [9.17, 15) is 13.0 Å². The highest BCUT2D eigenvalue weighted by molar-refractivity contribution is 8.55. The molecule has 120 valence electrons. The van der Waals surface area contributed by atoms with Crippen molar-refractivity contribution in [3.05, 3.63) is 24.3 Å². The zero-order chi connectivity index (χ0) is 15.9. The molecule has 6 nitrogen and oxygen atoms in total. The van der Waals surface area contributed by atoms with Crippen LogP contribution in [-0.2, 0) is 19.2 Å². The van der Waals surface area contributed by atoms with Gasteiger partial charge in [-0.3, -0.25) is 4.52 Å². The smallest absolute Gasteiger partial charge is 0.417 e. The van der Waals surface area contributed by atoms with E-state index in [1.807, 2.05) is 6.92 Å². The highest BCUT2D eigenvalue weighted by Crippen LogP contribution is 2.60. The molecule has 0 amide bonds. The molecule has 1 atom stereocenters. The largest absolute Gasteiger partial charge is 0.440 e. The van der Waals surface area contributed by atoms with Crippen LogP contribution in [0.5, 0.6) is 11.5 Å². The summed E-state index contributed by atoms with van der Waals surface area (Å²) in [6.07, 6.45) is 1.78. The van der Waals surface area contributed by atoms with E-state index in [2.05, 4.69) is 0 Å². The summed E-state index contributed by atoms with van der Waals surface area (Å²) in [5, 5.41) is 0. The van der Waals surface area contributed by atoms with Crippen molar-refractivity contribution in [2.24, 2.45) is 0 Å². The van der Waals surface area contributed by atoms with Crippen molar-refractivity contribution in [2.45, 2.75) is 20.3 Å². The highest BCUT2D eigenvalue weighted by atomic mass is 32.7. The van der Waals surface area contributed by atoms with Gasteiger partial charge in [0.15, 0.2) is 0 Å².